The van der Waals surface area contributed by atoms with Gasteiger partial charge in [-0.15, -0.1) is 11.8 Å². The predicted octanol–water partition coefficient (Wildman–Crippen LogP) is 3.90. The maximum atomic E-state index is 12.5. The largest absolute Gasteiger partial charge is 0.353 e. The molecule has 1 atom stereocenters. The number of aromatic nitrogens is 1. The lowest BCUT2D eigenvalue weighted by Gasteiger charge is -2.45. The minimum absolute atomic E-state index is 0.163. The van der Waals surface area contributed by atoms with Crippen LogP contribution in [0.15, 0.2) is 24.3 Å². The van der Waals surface area contributed by atoms with Crippen molar-refractivity contribution in [1.29, 1.82) is 0 Å². The first kappa shape index (κ1) is 19.0. The van der Waals surface area contributed by atoms with Gasteiger partial charge in [0, 0.05) is 31.6 Å². The molecule has 2 aliphatic heterocycles. The van der Waals surface area contributed by atoms with Crippen LogP contribution >= 0.6 is 23.3 Å². The number of anilines is 1. The fourth-order valence-electron chi connectivity index (χ4n) is 4.03. The highest BCUT2D eigenvalue weighted by Gasteiger charge is 2.53. The maximum absolute atomic E-state index is 12.5. The Morgan fingerprint density at radius 1 is 1.19 bits per heavy atom. The second-order valence-corrected chi connectivity index (χ2v) is 10.6. The van der Waals surface area contributed by atoms with Crippen LogP contribution in [0.1, 0.15) is 40.0 Å². The van der Waals surface area contributed by atoms with Crippen LogP contribution in [0.25, 0.3) is 10.1 Å². The lowest BCUT2D eigenvalue weighted by atomic mass is 10.1. The molecule has 4 rings (SSSR count). The van der Waals surface area contributed by atoms with E-state index in [0.717, 1.165) is 51.3 Å². The van der Waals surface area contributed by atoms with Gasteiger partial charge in [0.15, 0.2) is 0 Å². The topological polar surface area (TPSA) is 48.5 Å². The van der Waals surface area contributed by atoms with Crippen LogP contribution in [0.4, 0.5) is 5.82 Å². The highest BCUT2D eigenvalue weighted by molar-refractivity contribution is 8.03. The van der Waals surface area contributed by atoms with Gasteiger partial charge in [0.1, 0.15) is 10.8 Å². The standard InChI is InChI=1S/C20H28N4OS2/c1-4-5-10-20(21-18(25)19(2,3)27-20)24-13-11-23(12-14-24)17-15-8-6-7-9-16(15)26-22-17/h6-9H,4-5,10-14H2,1-3H3,(H,21,25). The lowest BCUT2D eigenvalue weighted by molar-refractivity contribution is -0.124. The molecule has 1 unspecified atom stereocenters. The van der Waals surface area contributed by atoms with Crippen molar-refractivity contribution < 1.29 is 4.79 Å². The van der Waals surface area contributed by atoms with Crippen molar-refractivity contribution in [3.8, 4) is 0 Å². The highest BCUT2D eigenvalue weighted by Crippen LogP contribution is 2.46. The van der Waals surface area contributed by atoms with E-state index in [4.69, 9.17) is 4.37 Å². The van der Waals surface area contributed by atoms with E-state index in [2.05, 4.69) is 46.3 Å². The summed E-state index contributed by atoms with van der Waals surface area (Å²) in [6, 6.07) is 8.46. The number of carbonyl (C=O) groups is 1. The van der Waals surface area contributed by atoms with E-state index in [1.54, 1.807) is 23.3 Å². The van der Waals surface area contributed by atoms with Crippen molar-refractivity contribution in [3.05, 3.63) is 24.3 Å². The zero-order valence-corrected chi connectivity index (χ0v) is 18.0. The highest BCUT2D eigenvalue weighted by atomic mass is 32.2. The molecule has 27 heavy (non-hydrogen) atoms. The number of piperazine rings is 1. The summed E-state index contributed by atoms with van der Waals surface area (Å²) in [6.45, 7) is 10.1. The number of amides is 1. The minimum Gasteiger partial charge on any atom is -0.353 e. The predicted molar refractivity (Wildman–Crippen MR) is 115 cm³/mol. The molecule has 3 heterocycles. The lowest BCUT2D eigenvalue weighted by Crippen LogP contribution is -2.60. The first-order valence-corrected chi connectivity index (χ1v) is 11.4. The summed E-state index contributed by atoms with van der Waals surface area (Å²) in [7, 11) is 0. The molecule has 2 aromatic rings. The van der Waals surface area contributed by atoms with Gasteiger partial charge in [-0.2, -0.15) is 4.37 Å². The van der Waals surface area contributed by atoms with Gasteiger partial charge in [0.2, 0.25) is 5.91 Å². The van der Waals surface area contributed by atoms with Crippen LogP contribution in [0.5, 0.6) is 0 Å². The molecule has 1 aromatic carbocycles. The summed E-state index contributed by atoms with van der Waals surface area (Å²) in [5.41, 5.74) is 0. The van der Waals surface area contributed by atoms with E-state index >= 15 is 0 Å². The van der Waals surface area contributed by atoms with Gasteiger partial charge < -0.3 is 10.2 Å². The molecule has 1 amide bonds. The third kappa shape index (κ3) is 3.45. The van der Waals surface area contributed by atoms with Gasteiger partial charge in [0.25, 0.3) is 0 Å². The minimum atomic E-state index is -0.365. The Morgan fingerprint density at radius 2 is 1.93 bits per heavy atom. The van der Waals surface area contributed by atoms with Crippen LogP contribution < -0.4 is 10.2 Å². The second kappa shape index (κ2) is 7.26. The van der Waals surface area contributed by atoms with E-state index in [-0.39, 0.29) is 15.6 Å². The summed E-state index contributed by atoms with van der Waals surface area (Å²) < 4.78 is 5.60. The number of nitrogens with zero attached hydrogens (tertiary/aromatic N) is 3. The molecule has 2 fully saturated rings. The van der Waals surface area contributed by atoms with E-state index in [1.807, 2.05) is 13.8 Å². The number of thioether (sulfide) groups is 1. The van der Waals surface area contributed by atoms with Crippen molar-refractivity contribution in [3.63, 3.8) is 0 Å². The molecule has 7 heteroatoms. The third-order valence-corrected chi connectivity index (χ3v) is 8.01. The number of rotatable bonds is 5. The zero-order chi connectivity index (χ0) is 19.1. The number of carbonyl (C=O) groups excluding carboxylic acids is 1. The Labute approximate surface area is 169 Å². The number of hydrogen-bond acceptors (Lipinski definition) is 6. The molecule has 1 N–H and O–H groups in total. The fourth-order valence-corrected chi connectivity index (χ4v) is 6.52. The van der Waals surface area contributed by atoms with Gasteiger partial charge in [-0.05, 0) is 50.4 Å². The average Bonchev–Trinajstić information content (AvgIpc) is 3.19. The molecule has 0 saturated carbocycles. The summed E-state index contributed by atoms with van der Waals surface area (Å²) >= 11 is 3.38. The van der Waals surface area contributed by atoms with Crippen molar-refractivity contribution >= 4 is 45.1 Å². The first-order chi connectivity index (χ1) is 13.0. The van der Waals surface area contributed by atoms with Crippen molar-refractivity contribution in [2.45, 2.75) is 49.8 Å². The Kier molecular flexibility index (Phi) is 5.12. The SMILES string of the molecule is CCCCC1(N2CCN(c3nsc4ccccc34)CC2)NC(=O)C(C)(C)S1. The van der Waals surface area contributed by atoms with Crippen molar-refractivity contribution in [1.82, 2.24) is 14.6 Å². The number of nitrogens with one attached hydrogen (secondary N) is 1. The Balaban J connectivity index is 1.51. The Bertz CT molecular complexity index is 828. The van der Waals surface area contributed by atoms with Gasteiger partial charge in [0.05, 0.1) is 9.45 Å². The van der Waals surface area contributed by atoms with Crippen LogP contribution in [0.2, 0.25) is 0 Å². The zero-order valence-electron chi connectivity index (χ0n) is 16.3. The monoisotopic (exact) mass is 404 g/mol. The molecule has 146 valence electrons. The van der Waals surface area contributed by atoms with Gasteiger partial charge in [-0.3, -0.25) is 9.69 Å². The number of hydrogen-bond donors (Lipinski definition) is 1. The Morgan fingerprint density at radius 3 is 2.59 bits per heavy atom. The summed E-state index contributed by atoms with van der Waals surface area (Å²) in [4.78, 5) is 17.2. The number of unbranched alkanes of at least 4 members (excludes halogenated alkanes) is 1. The molecule has 0 bridgehead atoms. The molecule has 0 radical (unpaired) electrons. The molecule has 2 aliphatic rings. The van der Waals surface area contributed by atoms with Gasteiger partial charge >= 0.3 is 0 Å². The third-order valence-electron chi connectivity index (χ3n) is 5.60. The molecule has 5 nitrogen and oxygen atoms in total. The first-order valence-electron chi connectivity index (χ1n) is 9.82. The summed E-state index contributed by atoms with van der Waals surface area (Å²) in [5, 5.41) is 4.61. The average molecular weight is 405 g/mol. The molecular formula is C20H28N4OS2. The molecule has 1 aromatic heterocycles. The van der Waals surface area contributed by atoms with E-state index < -0.39 is 0 Å². The molecule has 0 aliphatic carbocycles. The quantitative estimate of drug-likeness (QED) is 0.819. The van der Waals surface area contributed by atoms with Crippen molar-refractivity contribution in [2.75, 3.05) is 31.1 Å². The second-order valence-electron chi connectivity index (χ2n) is 7.93. The molecular weight excluding hydrogens is 376 g/mol. The van der Waals surface area contributed by atoms with Crippen molar-refractivity contribution in [2.24, 2.45) is 0 Å². The van der Waals surface area contributed by atoms with Crippen LogP contribution in [0, 0.1) is 0 Å². The number of benzene rings is 1. The molecule has 0 spiro atoms. The van der Waals surface area contributed by atoms with Crippen LogP contribution in [-0.2, 0) is 4.79 Å². The number of fused-ring (bicyclic) bond motifs is 1. The fraction of sp³-hybridized carbons (Fsp3) is 0.600. The van der Waals surface area contributed by atoms with E-state index in [0.29, 0.717) is 0 Å². The summed E-state index contributed by atoms with van der Waals surface area (Å²) in [5.74, 6) is 1.28. The van der Waals surface area contributed by atoms with Crippen LogP contribution in [0.3, 0.4) is 0 Å². The van der Waals surface area contributed by atoms with Crippen LogP contribution in [-0.4, -0.2) is 51.1 Å². The Hall–Kier alpha value is -1.31. The molecule has 2 saturated heterocycles. The van der Waals surface area contributed by atoms with E-state index in [1.165, 1.54) is 10.1 Å². The normalized spacial score (nSPS) is 25.9. The van der Waals surface area contributed by atoms with Gasteiger partial charge in [-0.1, -0.05) is 25.5 Å². The smallest absolute Gasteiger partial charge is 0.237 e. The van der Waals surface area contributed by atoms with E-state index in [9.17, 15) is 4.79 Å². The van der Waals surface area contributed by atoms with Gasteiger partial charge in [-0.25, -0.2) is 0 Å². The summed E-state index contributed by atoms with van der Waals surface area (Å²) in [6.07, 6.45) is 3.27. The maximum Gasteiger partial charge on any atom is 0.237 e.